The molecule has 0 bridgehead atoms. The van der Waals surface area contributed by atoms with Gasteiger partial charge in [0.05, 0.1) is 5.56 Å². The van der Waals surface area contributed by atoms with E-state index in [9.17, 15) is 18.0 Å². The lowest BCUT2D eigenvalue weighted by Gasteiger charge is -2.05. The van der Waals surface area contributed by atoms with E-state index in [1.165, 1.54) is 18.4 Å². The maximum atomic E-state index is 12.5. The Hall–Kier alpha value is -2.31. The Morgan fingerprint density at radius 2 is 1.95 bits per heavy atom. The summed E-state index contributed by atoms with van der Waals surface area (Å²) in [5.74, 6) is -0.274. The van der Waals surface area contributed by atoms with Gasteiger partial charge in [-0.3, -0.25) is 4.79 Å². The summed E-state index contributed by atoms with van der Waals surface area (Å²) in [6.45, 7) is 2.43. The van der Waals surface area contributed by atoms with Crippen LogP contribution in [0.25, 0.3) is 11.5 Å². The van der Waals surface area contributed by atoms with Crippen LogP contribution in [-0.2, 0) is 6.18 Å². The van der Waals surface area contributed by atoms with E-state index in [4.69, 9.17) is 4.42 Å². The Bertz CT molecular complexity index is 618. The van der Waals surface area contributed by atoms with Gasteiger partial charge in [-0.15, -0.1) is 0 Å². The van der Waals surface area contributed by atoms with Crippen LogP contribution < -0.4 is 5.32 Å². The van der Waals surface area contributed by atoms with Crippen molar-refractivity contribution >= 4 is 5.91 Å². The maximum Gasteiger partial charge on any atom is 0.416 e. The van der Waals surface area contributed by atoms with E-state index >= 15 is 0 Å². The van der Waals surface area contributed by atoms with E-state index in [1.54, 1.807) is 0 Å². The van der Waals surface area contributed by atoms with Crippen LogP contribution in [0.2, 0.25) is 0 Å². The monoisotopic (exact) mass is 298 g/mol. The van der Waals surface area contributed by atoms with Crippen LogP contribution >= 0.6 is 0 Å². The van der Waals surface area contributed by atoms with E-state index in [0.29, 0.717) is 12.1 Å². The van der Waals surface area contributed by atoms with Gasteiger partial charge in [-0.1, -0.05) is 6.92 Å². The first-order valence-electron chi connectivity index (χ1n) is 6.33. The first-order chi connectivity index (χ1) is 9.91. The first-order valence-corrected chi connectivity index (χ1v) is 6.33. The number of nitrogens with one attached hydrogen (secondary N) is 1. The molecule has 2 rings (SSSR count). The fourth-order valence-corrected chi connectivity index (χ4v) is 1.64. The zero-order valence-electron chi connectivity index (χ0n) is 11.2. The van der Waals surface area contributed by atoms with Crippen molar-refractivity contribution in [1.29, 1.82) is 0 Å². The van der Waals surface area contributed by atoms with Gasteiger partial charge in [0, 0.05) is 12.1 Å². The van der Waals surface area contributed by atoms with Gasteiger partial charge in [-0.2, -0.15) is 13.2 Å². The predicted molar refractivity (Wildman–Crippen MR) is 69.6 cm³/mol. The molecule has 0 aliphatic rings. The molecule has 1 N–H and O–H groups in total. The number of amides is 1. The van der Waals surface area contributed by atoms with Crippen LogP contribution in [0, 0.1) is 0 Å². The molecule has 0 saturated heterocycles. The summed E-state index contributed by atoms with van der Waals surface area (Å²) < 4.78 is 42.5. The van der Waals surface area contributed by atoms with E-state index in [2.05, 4.69) is 10.3 Å². The number of carbonyl (C=O) groups is 1. The summed E-state index contributed by atoms with van der Waals surface area (Å²) in [4.78, 5) is 15.6. The molecule has 0 radical (unpaired) electrons. The molecule has 7 heteroatoms. The topological polar surface area (TPSA) is 55.1 Å². The fraction of sp³-hybridized carbons (Fsp3) is 0.286. The highest BCUT2D eigenvalue weighted by molar-refractivity contribution is 5.92. The van der Waals surface area contributed by atoms with Crippen molar-refractivity contribution in [3.8, 4) is 11.5 Å². The third-order valence-electron chi connectivity index (χ3n) is 2.73. The van der Waals surface area contributed by atoms with Crippen molar-refractivity contribution in [1.82, 2.24) is 10.3 Å². The van der Waals surface area contributed by atoms with Gasteiger partial charge in [0.1, 0.15) is 6.26 Å². The molecule has 2 aromatic rings. The number of halogens is 3. The summed E-state index contributed by atoms with van der Waals surface area (Å²) in [7, 11) is 0. The number of nitrogens with zero attached hydrogens (tertiary/aromatic N) is 1. The molecule has 0 fully saturated rings. The molecule has 0 unspecified atom stereocenters. The molecular weight excluding hydrogens is 285 g/mol. The van der Waals surface area contributed by atoms with Crippen LogP contribution in [0.15, 0.2) is 34.9 Å². The number of rotatable bonds is 4. The summed E-state index contributed by atoms with van der Waals surface area (Å²) >= 11 is 0. The minimum atomic E-state index is -4.39. The lowest BCUT2D eigenvalue weighted by molar-refractivity contribution is -0.137. The highest BCUT2D eigenvalue weighted by Crippen LogP contribution is 2.30. The zero-order valence-corrected chi connectivity index (χ0v) is 11.2. The van der Waals surface area contributed by atoms with Crippen molar-refractivity contribution in [3.63, 3.8) is 0 Å². The fourth-order valence-electron chi connectivity index (χ4n) is 1.64. The van der Waals surface area contributed by atoms with Crippen molar-refractivity contribution in [2.45, 2.75) is 19.5 Å². The summed E-state index contributed by atoms with van der Waals surface area (Å²) in [5, 5.41) is 2.63. The number of carbonyl (C=O) groups excluding carboxylic acids is 1. The number of aromatic nitrogens is 1. The molecule has 0 aliphatic heterocycles. The van der Waals surface area contributed by atoms with E-state index < -0.39 is 11.7 Å². The molecule has 4 nitrogen and oxygen atoms in total. The van der Waals surface area contributed by atoms with Gasteiger partial charge in [0.15, 0.2) is 5.69 Å². The predicted octanol–water partition coefficient (Wildman–Crippen LogP) is 3.50. The van der Waals surface area contributed by atoms with Gasteiger partial charge in [-0.25, -0.2) is 4.98 Å². The van der Waals surface area contributed by atoms with Crippen molar-refractivity contribution in [3.05, 3.63) is 41.8 Å². The molecule has 21 heavy (non-hydrogen) atoms. The smallest absolute Gasteiger partial charge is 0.416 e. The highest BCUT2D eigenvalue weighted by atomic mass is 19.4. The Kier molecular flexibility index (Phi) is 4.30. The van der Waals surface area contributed by atoms with E-state index in [0.717, 1.165) is 18.6 Å². The van der Waals surface area contributed by atoms with E-state index in [1.807, 2.05) is 6.92 Å². The Morgan fingerprint density at radius 3 is 2.52 bits per heavy atom. The second kappa shape index (κ2) is 5.99. The van der Waals surface area contributed by atoms with Crippen molar-refractivity contribution in [2.24, 2.45) is 0 Å². The van der Waals surface area contributed by atoms with Gasteiger partial charge >= 0.3 is 6.18 Å². The second-order valence-corrected chi connectivity index (χ2v) is 4.37. The Morgan fingerprint density at radius 1 is 1.29 bits per heavy atom. The second-order valence-electron chi connectivity index (χ2n) is 4.37. The normalized spacial score (nSPS) is 11.4. The molecular formula is C14H13F3N2O2. The molecule has 0 saturated carbocycles. The average Bonchev–Trinajstić information content (AvgIpc) is 2.94. The lowest BCUT2D eigenvalue weighted by atomic mass is 10.1. The number of hydrogen-bond acceptors (Lipinski definition) is 3. The minimum absolute atomic E-state index is 0.0957. The van der Waals surface area contributed by atoms with Gasteiger partial charge in [0.25, 0.3) is 5.91 Å². The standard InChI is InChI=1S/C14H13F3N2O2/c1-2-7-18-12(20)11-8-21-13(19-11)9-3-5-10(6-4-9)14(15,16)17/h3-6,8H,2,7H2,1H3,(H,18,20). The molecule has 0 aliphatic carbocycles. The summed E-state index contributed by atoms with van der Waals surface area (Å²) in [5.41, 5.74) is -0.283. The van der Waals surface area contributed by atoms with Crippen LogP contribution in [0.1, 0.15) is 29.4 Å². The molecule has 1 aromatic heterocycles. The Balaban J connectivity index is 2.16. The largest absolute Gasteiger partial charge is 0.444 e. The Labute approximate surface area is 119 Å². The number of alkyl halides is 3. The molecule has 1 aromatic carbocycles. The van der Waals surface area contributed by atoms with Crippen LogP contribution in [-0.4, -0.2) is 17.4 Å². The quantitative estimate of drug-likeness (QED) is 0.940. The first kappa shape index (κ1) is 15.1. The van der Waals surface area contributed by atoms with Crippen molar-refractivity contribution < 1.29 is 22.4 Å². The lowest BCUT2D eigenvalue weighted by Crippen LogP contribution is -2.24. The zero-order chi connectivity index (χ0) is 15.5. The summed E-state index contributed by atoms with van der Waals surface area (Å²) in [6, 6.07) is 4.39. The average molecular weight is 298 g/mol. The van der Waals surface area contributed by atoms with Gasteiger partial charge < -0.3 is 9.73 Å². The van der Waals surface area contributed by atoms with Crippen LogP contribution in [0.5, 0.6) is 0 Å². The third kappa shape index (κ3) is 3.62. The third-order valence-corrected chi connectivity index (χ3v) is 2.73. The number of oxazole rings is 1. The maximum absolute atomic E-state index is 12.5. The number of benzene rings is 1. The molecule has 1 amide bonds. The highest BCUT2D eigenvalue weighted by Gasteiger charge is 2.30. The SMILES string of the molecule is CCCNC(=O)c1coc(-c2ccc(C(F)(F)F)cc2)n1. The molecule has 0 atom stereocenters. The van der Waals surface area contributed by atoms with Crippen LogP contribution in [0.3, 0.4) is 0 Å². The van der Waals surface area contributed by atoms with Crippen LogP contribution in [0.4, 0.5) is 13.2 Å². The minimum Gasteiger partial charge on any atom is -0.444 e. The summed E-state index contributed by atoms with van der Waals surface area (Å²) in [6.07, 6.45) is -2.42. The van der Waals surface area contributed by atoms with Crippen molar-refractivity contribution in [2.75, 3.05) is 6.54 Å². The molecule has 0 spiro atoms. The number of hydrogen-bond donors (Lipinski definition) is 1. The van der Waals surface area contributed by atoms with E-state index in [-0.39, 0.29) is 17.5 Å². The van der Waals surface area contributed by atoms with Gasteiger partial charge in [-0.05, 0) is 30.7 Å². The molecule has 112 valence electrons. The molecule has 1 heterocycles. The van der Waals surface area contributed by atoms with Gasteiger partial charge in [0.2, 0.25) is 5.89 Å².